The Kier molecular flexibility index (Phi) is 29.6. The van der Waals surface area contributed by atoms with Crippen LogP contribution in [0.25, 0.3) is 22.5 Å². The fourth-order valence-electron chi connectivity index (χ4n) is 10.6. The van der Waals surface area contributed by atoms with Gasteiger partial charge in [-0.1, -0.05) is 99.6 Å². The highest BCUT2D eigenvalue weighted by Crippen LogP contribution is 2.41. The van der Waals surface area contributed by atoms with Crippen LogP contribution in [0, 0.1) is 0 Å². The van der Waals surface area contributed by atoms with E-state index in [4.69, 9.17) is 84.3 Å². The minimum Gasteiger partial charge on any atom is -0.379 e. The molecule has 24 heteroatoms. The number of fused-ring (bicyclic) bond motifs is 2. The third-order valence-electron chi connectivity index (χ3n) is 15.1. The van der Waals surface area contributed by atoms with Gasteiger partial charge in [-0.2, -0.15) is 0 Å². The maximum Gasteiger partial charge on any atom is 0.314 e. The molecule has 0 saturated carbocycles. The first-order valence-corrected chi connectivity index (χ1v) is 32.0. The van der Waals surface area contributed by atoms with E-state index in [0.29, 0.717) is 171 Å². The smallest absolute Gasteiger partial charge is 0.314 e. The number of Topliss-reactive ketones (excluding diaryl/α,β-unsaturated/α-hetero) is 1. The minimum atomic E-state index is -0.241. The number of nitrogens with zero attached hydrogens (tertiary/aromatic N) is 8. The van der Waals surface area contributed by atoms with Crippen LogP contribution in [0.4, 0.5) is 4.79 Å². The molecular formula is C64H84Cl4N10O10. The second-order valence-corrected chi connectivity index (χ2v) is 23.6. The summed E-state index contributed by atoms with van der Waals surface area (Å²) in [6, 6.07) is 24.3. The van der Waals surface area contributed by atoms with E-state index < -0.39 is 0 Å². The summed E-state index contributed by atoms with van der Waals surface area (Å²) in [6.45, 7) is 12.6. The molecule has 0 spiro atoms. The molecule has 4 aromatic carbocycles. The number of hydrogen-bond acceptors (Lipinski definition) is 16. The Morgan fingerprint density at radius 1 is 0.489 bits per heavy atom. The normalized spacial score (nSPS) is 15.2. The molecule has 0 radical (unpaired) electrons. The van der Waals surface area contributed by atoms with Gasteiger partial charge in [-0.05, 0) is 103 Å². The van der Waals surface area contributed by atoms with Crippen molar-refractivity contribution in [2.24, 2.45) is 0 Å². The van der Waals surface area contributed by atoms with E-state index in [2.05, 4.69) is 91.6 Å². The Morgan fingerprint density at radius 3 is 1.39 bits per heavy atom. The first kappa shape index (κ1) is 68.8. The van der Waals surface area contributed by atoms with Crippen molar-refractivity contribution >= 4 is 58.2 Å². The summed E-state index contributed by atoms with van der Waals surface area (Å²) in [5, 5.41) is 25.8. The second kappa shape index (κ2) is 37.9. The molecule has 2 N–H and O–H groups in total. The molecule has 88 heavy (non-hydrogen) atoms. The van der Waals surface area contributed by atoms with E-state index in [1.165, 1.54) is 22.3 Å². The van der Waals surface area contributed by atoms with Gasteiger partial charge >= 0.3 is 6.03 Å². The number of amides is 2. The molecule has 0 aliphatic carbocycles. The second-order valence-electron chi connectivity index (χ2n) is 21.9. The van der Waals surface area contributed by atoms with E-state index in [9.17, 15) is 9.59 Å². The van der Waals surface area contributed by atoms with Gasteiger partial charge in [0.15, 0.2) is 0 Å². The van der Waals surface area contributed by atoms with Crippen LogP contribution in [-0.2, 0) is 68.9 Å². The van der Waals surface area contributed by atoms with Crippen molar-refractivity contribution in [3.05, 3.63) is 139 Å². The number of nitrogens with one attached hydrogen (secondary N) is 2. The number of halogens is 4. The van der Waals surface area contributed by atoms with Gasteiger partial charge in [0.25, 0.3) is 0 Å². The molecular weight excluding hydrogens is 1210 g/mol. The molecule has 0 saturated heterocycles. The molecule has 2 amide bonds. The molecule has 2 aliphatic heterocycles. The Morgan fingerprint density at radius 2 is 0.909 bits per heavy atom. The van der Waals surface area contributed by atoms with Crippen molar-refractivity contribution < 1.29 is 47.5 Å². The van der Waals surface area contributed by atoms with Crippen molar-refractivity contribution in [1.29, 1.82) is 0 Å². The lowest BCUT2D eigenvalue weighted by Crippen LogP contribution is -2.37. The average Bonchev–Trinajstić information content (AvgIpc) is 1.60. The summed E-state index contributed by atoms with van der Waals surface area (Å²) in [5.41, 5.74) is 10.5. The zero-order valence-corrected chi connectivity index (χ0v) is 53.6. The molecule has 478 valence electrons. The van der Waals surface area contributed by atoms with Gasteiger partial charge in [0.05, 0.1) is 125 Å². The third-order valence-corrected chi connectivity index (χ3v) is 16.2. The zero-order chi connectivity index (χ0) is 61.7. The maximum absolute atomic E-state index is 12.3. The number of benzene rings is 4. The largest absolute Gasteiger partial charge is 0.379 e. The van der Waals surface area contributed by atoms with Crippen LogP contribution in [0.5, 0.6) is 0 Å². The van der Waals surface area contributed by atoms with Crippen LogP contribution in [0.15, 0.2) is 85.2 Å². The summed E-state index contributed by atoms with van der Waals surface area (Å²) in [4.78, 5) is 29.0. The van der Waals surface area contributed by atoms with Crippen LogP contribution in [0.1, 0.15) is 83.7 Å². The number of ketones is 1. The predicted octanol–water partition coefficient (Wildman–Crippen LogP) is 10.0. The van der Waals surface area contributed by atoms with E-state index in [1.807, 2.05) is 48.8 Å². The summed E-state index contributed by atoms with van der Waals surface area (Å²) < 4.78 is 48.7. The molecule has 4 heterocycles. The van der Waals surface area contributed by atoms with Crippen molar-refractivity contribution in [2.45, 2.75) is 76.5 Å². The van der Waals surface area contributed by atoms with Gasteiger partial charge in [-0.25, -0.2) is 14.2 Å². The summed E-state index contributed by atoms with van der Waals surface area (Å²) in [5.74, 6) is 0.504. The number of aromatic nitrogens is 6. The number of hydrogen-bond donors (Lipinski definition) is 2. The van der Waals surface area contributed by atoms with Gasteiger partial charge < -0.3 is 58.3 Å². The van der Waals surface area contributed by atoms with Crippen molar-refractivity contribution in [3.63, 3.8) is 0 Å². The van der Waals surface area contributed by atoms with E-state index in [1.54, 1.807) is 9.36 Å². The van der Waals surface area contributed by atoms with Crippen molar-refractivity contribution in [1.82, 2.24) is 50.4 Å². The highest BCUT2D eigenvalue weighted by atomic mass is 35.5. The fraction of sp³-hybridized carbons (Fsp3) is 0.531. The first-order valence-electron chi connectivity index (χ1n) is 30.5. The van der Waals surface area contributed by atoms with Gasteiger partial charge in [0.1, 0.15) is 17.2 Å². The van der Waals surface area contributed by atoms with Crippen LogP contribution in [0.2, 0.25) is 20.1 Å². The average molecular weight is 1300 g/mol. The molecule has 2 atom stereocenters. The standard InChI is InChI=1S/C64H84Cl4N10O10/c1-75-41-56(54-37-51(65)39-60(67)58(54)43-75)47-9-6-11-49(35-47)62-45-77(73-71-62)17-21-83-25-29-87-33-31-85-27-23-81-19-8-14-53(79)13-4-3-5-15-69-64(80)70-16-20-82-24-28-86-32-34-88-30-26-84-22-18-78-46-63(72-74-78)50-12-7-10-48(36-50)57-42-76(2)44-59-55(57)38-52(66)40-61(59)68/h6-7,9-12,35-40,45-46,56-57H,3-5,8,13-34,41-44H2,1-2H3,(H2,69,70,80)/t56-,57-/m0/s1. The third kappa shape index (κ3) is 23.0. The van der Waals surface area contributed by atoms with Crippen LogP contribution >= 0.6 is 46.4 Å². The lowest BCUT2D eigenvalue weighted by Gasteiger charge is -2.33. The highest BCUT2D eigenvalue weighted by Gasteiger charge is 2.29. The number of likely N-dealkylation sites (N-methyl/N-ethyl adjacent to an activating group) is 2. The molecule has 0 bridgehead atoms. The topological polar surface area (TPSA) is 200 Å². The lowest BCUT2D eigenvalue weighted by atomic mass is 9.84. The zero-order valence-electron chi connectivity index (χ0n) is 50.6. The number of ether oxygens (including phenoxy) is 8. The van der Waals surface area contributed by atoms with E-state index >= 15 is 0 Å². The summed E-state index contributed by atoms with van der Waals surface area (Å²) >= 11 is 26.0. The molecule has 0 fully saturated rings. The molecule has 6 aromatic rings. The molecule has 0 unspecified atom stereocenters. The quantitative estimate of drug-likeness (QED) is 0.0343. The number of carbonyl (C=O) groups excluding carboxylic acids is 2. The van der Waals surface area contributed by atoms with Crippen LogP contribution in [0.3, 0.4) is 0 Å². The fourth-order valence-corrected chi connectivity index (χ4v) is 11.8. The predicted molar refractivity (Wildman–Crippen MR) is 341 cm³/mol. The Bertz CT molecular complexity index is 2880. The number of carbonyl (C=O) groups is 2. The number of urea groups is 1. The minimum absolute atomic E-state index is 0.138. The molecule has 2 aliphatic rings. The molecule has 20 nitrogen and oxygen atoms in total. The Balaban J connectivity index is 0.522. The molecule has 2 aromatic heterocycles. The molecule has 8 rings (SSSR count). The SMILES string of the molecule is CN1Cc2c(Cl)cc(Cl)cc2[C@H](c2cccc(-c3cn(CCOCCOCCOCCOCCCC(=O)CCCCCNC(=O)NCCOCCOCCOCCOCCn4cc(-c5cccc([C@@H]6CN(C)Cc7c(Cl)cc(Cl)cc76)c5)nn4)nn3)c2)C1. The van der Waals surface area contributed by atoms with Crippen LogP contribution in [-0.4, -0.2) is 198 Å². The first-order chi connectivity index (χ1) is 43.0. The van der Waals surface area contributed by atoms with Gasteiger partial charge in [-0.3, -0.25) is 4.79 Å². The number of rotatable bonds is 41. The van der Waals surface area contributed by atoms with Gasteiger partial charge in [0.2, 0.25) is 0 Å². The Hall–Kier alpha value is -5.14. The summed E-state index contributed by atoms with van der Waals surface area (Å²) in [6.07, 6.45) is 8.02. The van der Waals surface area contributed by atoms with E-state index in [0.717, 1.165) is 79.1 Å². The van der Waals surface area contributed by atoms with Gasteiger partial charge in [-0.15, -0.1) is 10.2 Å². The lowest BCUT2D eigenvalue weighted by molar-refractivity contribution is -0.119. The monoisotopic (exact) mass is 1290 g/mol. The highest BCUT2D eigenvalue weighted by molar-refractivity contribution is 6.35. The maximum atomic E-state index is 12.3. The van der Waals surface area contributed by atoms with E-state index in [-0.39, 0.29) is 23.7 Å². The Labute approximate surface area is 536 Å². The van der Waals surface area contributed by atoms with Crippen LogP contribution < -0.4 is 10.6 Å². The van der Waals surface area contributed by atoms with Crippen molar-refractivity contribution in [3.8, 4) is 22.5 Å². The summed E-state index contributed by atoms with van der Waals surface area (Å²) in [7, 11) is 4.21. The van der Waals surface area contributed by atoms with Gasteiger partial charge in [0, 0.05) is 102 Å². The van der Waals surface area contributed by atoms with Crippen molar-refractivity contribution in [2.75, 3.05) is 146 Å². The number of unbranched alkanes of at least 4 members (excludes halogenated alkanes) is 2.